The minimum Gasteiger partial charge on any atom is -0.355 e. The highest BCUT2D eigenvalue weighted by Crippen LogP contribution is 2.23. The van der Waals surface area contributed by atoms with Crippen molar-refractivity contribution in [3.8, 4) is 0 Å². The van der Waals surface area contributed by atoms with Crippen molar-refractivity contribution in [2.24, 2.45) is 0 Å². The van der Waals surface area contributed by atoms with Crippen LogP contribution in [0.1, 0.15) is 10.4 Å². The highest BCUT2D eigenvalue weighted by atomic mass is 35.5. The Balaban J connectivity index is 2.42. The third kappa shape index (κ3) is 3.37. The summed E-state index contributed by atoms with van der Waals surface area (Å²) in [6.07, 6.45) is 0. The maximum absolute atomic E-state index is 13.5. The molecular formula is C14H12ClFN2O3S. The van der Waals surface area contributed by atoms with Crippen LogP contribution in [0.2, 0.25) is 5.02 Å². The van der Waals surface area contributed by atoms with Crippen LogP contribution in [0.5, 0.6) is 0 Å². The summed E-state index contributed by atoms with van der Waals surface area (Å²) in [7, 11) is -2.65. The summed E-state index contributed by atoms with van der Waals surface area (Å²) in [5.41, 5.74) is -0.167. The maximum atomic E-state index is 13.5. The molecule has 0 saturated heterocycles. The number of anilines is 1. The van der Waals surface area contributed by atoms with E-state index in [4.69, 9.17) is 11.6 Å². The third-order valence-corrected chi connectivity index (χ3v) is 4.53. The summed E-state index contributed by atoms with van der Waals surface area (Å²) in [6, 6.07) is 9.03. The van der Waals surface area contributed by atoms with Gasteiger partial charge in [-0.3, -0.25) is 9.52 Å². The van der Waals surface area contributed by atoms with Gasteiger partial charge in [0.15, 0.2) is 0 Å². The quantitative estimate of drug-likeness (QED) is 0.897. The van der Waals surface area contributed by atoms with E-state index in [9.17, 15) is 17.6 Å². The molecule has 0 unspecified atom stereocenters. The number of rotatable bonds is 4. The van der Waals surface area contributed by atoms with Crippen molar-refractivity contribution in [2.45, 2.75) is 4.90 Å². The van der Waals surface area contributed by atoms with Crippen LogP contribution in [0.4, 0.5) is 10.1 Å². The molecule has 8 heteroatoms. The van der Waals surface area contributed by atoms with Crippen LogP contribution in [-0.4, -0.2) is 21.4 Å². The maximum Gasteiger partial charge on any atom is 0.262 e. The molecule has 0 saturated carbocycles. The molecule has 0 aromatic heterocycles. The number of carbonyl (C=O) groups excluding carboxylic acids is 1. The molecule has 0 heterocycles. The van der Waals surface area contributed by atoms with Crippen LogP contribution >= 0.6 is 11.6 Å². The van der Waals surface area contributed by atoms with Crippen molar-refractivity contribution in [3.05, 3.63) is 58.9 Å². The minimum atomic E-state index is -4.05. The van der Waals surface area contributed by atoms with E-state index in [1.807, 2.05) is 0 Å². The molecule has 2 N–H and O–H groups in total. The molecule has 0 spiro atoms. The summed E-state index contributed by atoms with van der Waals surface area (Å²) in [5, 5.41) is 2.48. The smallest absolute Gasteiger partial charge is 0.262 e. The highest BCUT2D eigenvalue weighted by Gasteiger charge is 2.19. The fraction of sp³-hybridized carbons (Fsp3) is 0.0714. The van der Waals surface area contributed by atoms with Gasteiger partial charge in [0.1, 0.15) is 5.82 Å². The third-order valence-electron chi connectivity index (χ3n) is 2.84. The van der Waals surface area contributed by atoms with Crippen LogP contribution in [0.3, 0.4) is 0 Å². The van der Waals surface area contributed by atoms with Gasteiger partial charge >= 0.3 is 0 Å². The second-order valence-corrected chi connectivity index (χ2v) is 6.40. The topological polar surface area (TPSA) is 75.3 Å². The van der Waals surface area contributed by atoms with Crippen molar-refractivity contribution in [3.63, 3.8) is 0 Å². The lowest BCUT2D eigenvalue weighted by Crippen LogP contribution is -2.20. The molecular weight excluding hydrogens is 331 g/mol. The molecule has 22 heavy (non-hydrogen) atoms. The van der Waals surface area contributed by atoms with Gasteiger partial charge in [0, 0.05) is 7.05 Å². The summed E-state index contributed by atoms with van der Waals surface area (Å²) >= 11 is 5.87. The Morgan fingerprint density at radius 3 is 2.50 bits per heavy atom. The predicted octanol–water partition coefficient (Wildman–Crippen LogP) is 2.64. The SMILES string of the molecule is CNC(=O)c1cc(S(=O)(=O)Nc2ccccc2F)ccc1Cl. The van der Waals surface area contributed by atoms with Crippen molar-refractivity contribution in [1.82, 2.24) is 5.32 Å². The Morgan fingerprint density at radius 2 is 1.86 bits per heavy atom. The zero-order chi connectivity index (χ0) is 16.3. The molecule has 0 aliphatic carbocycles. The van der Waals surface area contributed by atoms with Crippen LogP contribution in [0, 0.1) is 5.82 Å². The van der Waals surface area contributed by atoms with E-state index in [1.54, 1.807) is 0 Å². The first-order valence-corrected chi connectivity index (χ1v) is 8.00. The number of hydrogen-bond donors (Lipinski definition) is 2. The first-order valence-electron chi connectivity index (χ1n) is 6.14. The van der Waals surface area contributed by atoms with Gasteiger partial charge in [0.05, 0.1) is 21.2 Å². The minimum absolute atomic E-state index is 0.0144. The van der Waals surface area contributed by atoms with E-state index < -0.39 is 21.7 Å². The van der Waals surface area contributed by atoms with Crippen LogP contribution in [0.25, 0.3) is 0 Å². The Bertz CT molecular complexity index is 825. The predicted molar refractivity (Wildman–Crippen MR) is 82.1 cm³/mol. The number of benzene rings is 2. The van der Waals surface area contributed by atoms with Gasteiger partial charge < -0.3 is 5.32 Å². The number of hydrogen-bond acceptors (Lipinski definition) is 3. The fourth-order valence-electron chi connectivity index (χ4n) is 1.73. The van der Waals surface area contributed by atoms with Gasteiger partial charge in [0.25, 0.3) is 15.9 Å². The van der Waals surface area contributed by atoms with E-state index in [0.717, 1.165) is 12.1 Å². The van der Waals surface area contributed by atoms with Gasteiger partial charge in [-0.2, -0.15) is 0 Å². The number of nitrogens with one attached hydrogen (secondary N) is 2. The molecule has 2 rings (SSSR count). The van der Waals surface area contributed by atoms with E-state index in [0.29, 0.717) is 0 Å². The number of amides is 1. The van der Waals surface area contributed by atoms with Crippen molar-refractivity contribution >= 4 is 33.2 Å². The van der Waals surface area contributed by atoms with Gasteiger partial charge in [-0.15, -0.1) is 0 Å². The lowest BCUT2D eigenvalue weighted by atomic mass is 10.2. The lowest BCUT2D eigenvalue weighted by molar-refractivity contribution is 0.0963. The Morgan fingerprint density at radius 1 is 1.18 bits per heavy atom. The summed E-state index contributed by atoms with van der Waals surface area (Å²) in [6.45, 7) is 0. The molecule has 2 aromatic rings. The van der Waals surface area contributed by atoms with E-state index >= 15 is 0 Å². The van der Waals surface area contributed by atoms with Crippen molar-refractivity contribution < 1.29 is 17.6 Å². The summed E-state index contributed by atoms with van der Waals surface area (Å²) in [4.78, 5) is 11.5. The molecule has 0 atom stereocenters. The summed E-state index contributed by atoms with van der Waals surface area (Å²) < 4.78 is 40.2. The van der Waals surface area contributed by atoms with Gasteiger partial charge in [0.2, 0.25) is 0 Å². The summed E-state index contributed by atoms with van der Waals surface area (Å²) in [5.74, 6) is -1.22. The zero-order valence-electron chi connectivity index (χ0n) is 11.4. The Labute approximate surface area is 132 Å². The van der Waals surface area contributed by atoms with Crippen molar-refractivity contribution in [2.75, 3.05) is 11.8 Å². The van der Waals surface area contributed by atoms with E-state index in [2.05, 4.69) is 10.0 Å². The van der Waals surface area contributed by atoms with E-state index in [-0.39, 0.29) is 21.2 Å². The highest BCUT2D eigenvalue weighted by molar-refractivity contribution is 7.92. The molecule has 0 radical (unpaired) electrons. The first-order chi connectivity index (χ1) is 10.3. The molecule has 0 aliphatic heterocycles. The second kappa shape index (κ2) is 6.33. The average Bonchev–Trinajstić information content (AvgIpc) is 2.49. The van der Waals surface area contributed by atoms with Crippen molar-refractivity contribution in [1.29, 1.82) is 0 Å². The normalized spacial score (nSPS) is 11.0. The first kappa shape index (κ1) is 16.3. The van der Waals surface area contributed by atoms with Crippen LogP contribution in [0.15, 0.2) is 47.4 Å². The Hall–Kier alpha value is -2.12. The van der Waals surface area contributed by atoms with E-state index in [1.165, 1.54) is 37.4 Å². The monoisotopic (exact) mass is 342 g/mol. The van der Waals surface area contributed by atoms with Gasteiger partial charge in [-0.05, 0) is 30.3 Å². The van der Waals surface area contributed by atoms with Gasteiger partial charge in [-0.25, -0.2) is 12.8 Å². The number of carbonyl (C=O) groups is 1. The molecule has 0 fully saturated rings. The van der Waals surface area contributed by atoms with Crippen LogP contribution < -0.4 is 10.0 Å². The Kier molecular flexibility index (Phi) is 4.68. The number of para-hydroxylation sites is 1. The molecule has 2 aromatic carbocycles. The van der Waals surface area contributed by atoms with Crippen LogP contribution in [-0.2, 0) is 10.0 Å². The number of sulfonamides is 1. The molecule has 0 aliphatic rings. The lowest BCUT2D eigenvalue weighted by Gasteiger charge is -2.10. The molecule has 0 bridgehead atoms. The standard InChI is InChI=1S/C14H12ClFN2O3S/c1-17-14(19)10-8-9(6-7-11(10)15)22(20,21)18-13-5-3-2-4-12(13)16/h2-8,18H,1H3,(H,17,19). The zero-order valence-corrected chi connectivity index (χ0v) is 13.0. The second-order valence-electron chi connectivity index (χ2n) is 4.31. The largest absolute Gasteiger partial charge is 0.355 e. The molecule has 1 amide bonds. The number of halogens is 2. The van der Waals surface area contributed by atoms with Gasteiger partial charge in [-0.1, -0.05) is 23.7 Å². The molecule has 5 nitrogen and oxygen atoms in total. The molecule has 116 valence electrons. The fourth-order valence-corrected chi connectivity index (χ4v) is 3.02. The average molecular weight is 343 g/mol.